The minimum Gasteiger partial charge on any atom is -0.373 e. The van der Waals surface area contributed by atoms with Gasteiger partial charge in [-0.3, -0.25) is 9.69 Å². The molecule has 1 saturated heterocycles. The first-order valence-corrected chi connectivity index (χ1v) is 9.60. The van der Waals surface area contributed by atoms with E-state index in [1.54, 1.807) is 11.3 Å². The largest absolute Gasteiger partial charge is 0.373 e. The number of amides is 1. The molecule has 6 heteroatoms. The minimum absolute atomic E-state index is 0.00288. The van der Waals surface area contributed by atoms with Gasteiger partial charge in [-0.25, -0.2) is 0 Å². The molecule has 0 aromatic carbocycles. The average molecular weight is 347 g/mol. The van der Waals surface area contributed by atoms with Crippen LogP contribution < -0.4 is 5.32 Å². The molecule has 1 aromatic rings. The van der Waals surface area contributed by atoms with Crippen molar-refractivity contribution < 1.29 is 9.53 Å². The van der Waals surface area contributed by atoms with Crippen molar-refractivity contribution in [2.75, 3.05) is 25.0 Å². The number of rotatable bonds is 4. The molecule has 0 bridgehead atoms. The summed E-state index contributed by atoms with van der Waals surface area (Å²) in [5, 5.41) is 13.2. The topological polar surface area (TPSA) is 65.4 Å². The van der Waals surface area contributed by atoms with Crippen LogP contribution in [0.25, 0.3) is 0 Å². The molecule has 3 rings (SSSR count). The summed E-state index contributed by atoms with van der Waals surface area (Å²) in [6.45, 7) is 6.61. The van der Waals surface area contributed by atoms with E-state index in [0.717, 1.165) is 43.9 Å². The minimum atomic E-state index is -0.00288. The molecule has 1 fully saturated rings. The summed E-state index contributed by atoms with van der Waals surface area (Å²) in [7, 11) is 0. The fourth-order valence-corrected chi connectivity index (χ4v) is 4.94. The number of hydrogen-bond donors (Lipinski definition) is 1. The second kappa shape index (κ2) is 7.64. The molecular weight excluding hydrogens is 322 g/mol. The lowest BCUT2D eigenvalue weighted by atomic mass is 9.96. The SMILES string of the molecule is CC1CN(CCC(=O)Nc2sc3c(c2C#N)CCCC3)CC(C)O1. The third-order valence-electron chi connectivity index (χ3n) is 4.69. The zero-order chi connectivity index (χ0) is 17.1. The highest BCUT2D eigenvalue weighted by Gasteiger charge is 2.24. The average Bonchev–Trinajstić information content (AvgIpc) is 2.89. The lowest BCUT2D eigenvalue weighted by Crippen LogP contribution is -2.46. The predicted octanol–water partition coefficient (Wildman–Crippen LogP) is 2.94. The van der Waals surface area contributed by atoms with Crippen molar-refractivity contribution in [2.45, 2.75) is 58.2 Å². The molecule has 2 atom stereocenters. The highest BCUT2D eigenvalue weighted by molar-refractivity contribution is 7.16. The summed E-state index contributed by atoms with van der Waals surface area (Å²) in [5.74, 6) is -0.00288. The maximum Gasteiger partial charge on any atom is 0.226 e. The van der Waals surface area contributed by atoms with Crippen LogP contribution in [0.5, 0.6) is 0 Å². The molecule has 1 aliphatic carbocycles. The van der Waals surface area contributed by atoms with Crippen molar-refractivity contribution in [1.29, 1.82) is 5.26 Å². The Kier molecular flexibility index (Phi) is 5.54. The summed E-state index contributed by atoms with van der Waals surface area (Å²) in [6.07, 6.45) is 5.20. The van der Waals surface area contributed by atoms with E-state index < -0.39 is 0 Å². The Morgan fingerprint density at radius 1 is 1.33 bits per heavy atom. The monoisotopic (exact) mass is 347 g/mol. The Morgan fingerprint density at radius 2 is 2.04 bits per heavy atom. The molecule has 1 amide bonds. The fraction of sp³-hybridized carbons (Fsp3) is 0.667. The smallest absolute Gasteiger partial charge is 0.226 e. The van der Waals surface area contributed by atoms with Crippen LogP contribution in [0.2, 0.25) is 0 Å². The molecule has 0 spiro atoms. The van der Waals surface area contributed by atoms with E-state index in [2.05, 4.69) is 30.1 Å². The van der Waals surface area contributed by atoms with Gasteiger partial charge in [0.1, 0.15) is 11.1 Å². The van der Waals surface area contributed by atoms with Crippen LogP contribution in [0, 0.1) is 11.3 Å². The molecule has 0 saturated carbocycles. The van der Waals surface area contributed by atoms with Crippen molar-refractivity contribution in [3.8, 4) is 6.07 Å². The first kappa shape index (κ1) is 17.4. The summed E-state index contributed by atoms with van der Waals surface area (Å²) in [5.41, 5.74) is 1.86. The van der Waals surface area contributed by atoms with Crippen LogP contribution >= 0.6 is 11.3 Å². The molecule has 2 unspecified atom stereocenters. The maximum atomic E-state index is 12.3. The fourth-order valence-electron chi connectivity index (χ4n) is 3.69. The molecular formula is C18H25N3O2S. The predicted molar refractivity (Wildman–Crippen MR) is 95.4 cm³/mol. The van der Waals surface area contributed by atoms with Crippen LogP contribution in [0.1, 0.15) is 49.1 Å². The highest BCUT2D eigenvalue weighted by atomic mass is 32.1. The lowest BCUT2D eigenvalue weighted by molar-refractivity contribution is -0.117. The maximum absolute atomic E-state index is 12.3. The molecule has 1 N–H and O–H groups in total. The Labute approximate surface area is 147 Å². The molecule has 1 aliphatic heterocycles. The van der Waals surface area contributed by atoms with Crippen molar-refractivity contribution in [3.05, 3.63) is 16.0 Å². The van der Waals surface area contributed by atoms with Gasteiger partial charge in [0.2, 0.25) is 5.91 Å². The molecule has 2 heterocycles. The Morgan fingerprint density at radius 3 is 2.75 bits per heavy atom. The third-order valence-corrected chi connectivity index (χ3v) is 5.89. The number of morpholine rings is 1. The van der Waals surface area contributed by atoms with Crippen LogP contribution in [-0.2, 0) is 22.4 Å². The number of carbonyl (C=O) groups is 1. The summed E-state index contributed by atoms with van der Waals surface area (Å²) < 4.78 is 5.72. The lowest BCUT2D eigenvalue weighted by Gasteiger charge is -2.35. The van der Waals surface area contributed by atoms with Gasteiger partial charge in [-0.15, -0.1) is 11.3 Å². The zero-order valence-corrected chi connectivity index (χ0v) is 15.2. The molecule has 0 radical (unpaired) electrons. The molecule has 24 heavy (non-hydrogen) atoms. The molecule has 2 aliphatic rings. The van der Waals surface area contributed by atoms with Crippen molar-refractivity contribution in [3.63, 3.8) is 0 Å². The first-order valence-electron chi connectivity index (χ1n) is 8.79. The number of hydrogen-bond acceptors (Lipinski definition) is 5. The van der Waals surface area contributed by atoms with Crippen molar-refractivity contribution in [1.82, 2.24) is 4.90 Å². The van der Waals surface area contributed by atoms with Gasteiger partial charge in [0.25, 0.3) is 0 Å². The van der Waals surface area contributed by atoms with Crippen LogP contribution in [-0.4, -0.2) is 42.6 Å². The van der Waals surface area contributed by atoms with Gasteiger partial charge in [0, 0.05) is 30.9 Å². The quantitative estimate of drug-likeness (QED) is 0.909. The van der Waals surface area contributed by atoms with Gasteiger partial charge in [-0.05, 0) is 45.1 Å². The third kappa shape index (κ3) is 3.97. The molecule has 1 aromatic heterocycles. The normalized spacial score (nSPS) is 24.2. The number of nitriles is 1. The Balaban J connectivity index is 1.57. The number of fused-ring (bicyclic) bond motifs is 1. The summed E-state index contributed by atoms with van der Waals surface area (Å²) in [4.78, 5) is 15.9. The highest BCUT2D eigenvalue weighted by Crippen LogP contribution is 2.37. The number of nitrogens with zero attached hydrogens (tertiary/aromatic N) is 2. The van der Waals surface area contributed by atoms with E-state index in [0.29, 0.717) is 12.0 Å². The molecule has 130 valence electrons. The number of ether oxygens (including phenoxy) is 1. The number of carbonyl (C=O) groups excluding carboxylic acids is 1. The Hall–Kier alpha value is -1.42. The van der Waals surface area contributed by atoms with E-state index >= 15 is 0 Å². The number of nitrogens with one attached hydrogen (secondary N) is 1. The zero-order valence-electron chi connectivity index (χ0n) is 14.4. The van der Waals surface area contributed by atoms with Gasteiger partial charge < -0.3 is 10.1 Å². The summed E-state index contributed by atoms with van der Waals surface area (Å²) in [6, 6.07) is 2.29. The van der Waals surface area contributed by atoms with E-state index in [4.69, 9.17) is 4.74 Å². The number of aryl methyl sites for hydroxylation is 1. The van der Waals surface area contributed by atoms with Crippen LogP contribution in [0.15, 0.2) is 0 Å². The van der Waals surface area contributed by atoms with E-state index in [9.17, 15) is 10.1 Å². The second-order valence-electron chi connectivity index (χ2n) is 6.84. The number of thiophene rings is 1. The van der Waals surface area contributed by atoms with E-state index in [-0.39, 0.29) is 18.1 Å². The Bertz CT molecular complexity index is 639. The van der Waals surface area contributed by atoms with Gasteiger partial charge in [0.05, 0.1) is 17.8 Å². The van der Waals surface area contributed by atoms with Crippen molar-refractivity contribution >= 4 is 22.2 Å². The van der Waals surface area contributed by atoms with E-state index in [1.807, 2.05) is 0 Å². The van der Waals surface area contributed by atoms with E-state index in [1.165, 1.54) is 16.9 Å². The van der Waals surface area contributed by atoms with Crippen LogP contribution in [0.4, 0.5) is 5.00 Å². The van der Waals surface area contributed by atoms with Gasteiger partial charge in [0.15, 0.2) is 0 Å². The van der Waals surface area contributed by atoms with Crippen molar-refractivity contribution in [2.24, 2.45) is 0 Å². The number of anilines is 1. The van der Waals surface area contributed by atoms with Gasteiger partial charge >= 0.3 is 0 Å². The first-order chi connectivity index (χ1) is 11.6. The van der Waals surface area contributed by atoms with Gasteiger partial charge in [-0.2, -0.15) is 5.26 Å². The standard InChI is InChI=1S/C18H25N3O2S/c1-12-10-21(11-13(2)23-12)8-7-17(22)20-18-15(9-19)14-5-3-4-6-16(14)24-18/h12-13H,3-8,10-11H2,1-2H3,(H,20,22). The summed E-state index contributed by atoms with van der Waals surface area (Å²) >= 11 is 1.59. The second-order valence-corrected chi connectivity index (χ2v) is 7.95. The molecule has 5 nitrogen and oxygen atoms in total. The van der Waals surface area contributed by atoms with Gasteiger partial charge in [-0.1, -0.05) is 0 Å². The van der Waals surface area contributed by atoms with Crippen LogP contribution in [0.3, 0.4) is 0 Å².